The van der Waals surface area contributed by atoms with Gasteiger partial charge in [0.25, 0.3) is 0 Å². The third-order valence-electron chi connectivity index (χ3n) is 5.25. The van der Waals surface area contributed by atoms with Crippen molar-refractivity contribution < 1.29 is 14.3 Å². The Morgan fingerprint density at radius 3 is 2.50 bits per heavy atom. The lowest BCUT2D eigenvalue weighted by atomic mass is 9.39. The van der Waals surface area contributed by atoms with Crippen molar-refractivity contribution in [1.82, 2.24) is 4.90 Å². The van der Waals surface area contributed by atoms with Crippen molar-refractivity contribution in [3.8, 4) is 11.5 Å². The average Bonchev–Trinajstić information content (AvgIpc) is 2.90. The Kier molecular flexibility index (Phi) is 4.11. The fraction of sp³-hybridized carbons (Fsp3) is 0.471. The summed E-state index contributed by atoms with van der Waals surface area (Å²) in [5.41, 5.74) is 0.516. The lowest BCUT2D eigenvalue weighted by Gasteiger charge is -2.49. The van der Waals surface area contributed by atoms with Crippen LogP contribution in [0.15, 0.2) is 29.7 Å². The van der Waals surface area contributed by atoms with Crippen LogP contribution in [0.4, 0.5) is 0 Å². The average molecular weight is 317 g/mol. The topological polar surface area (TPSA) is 38.8 Å². The van der Waals surface area contributed by atoms with E-state index in [1.807, 2.05) is 36.2 Å². The number of methoxy groups -OCH3 is 2. The van der Waals surface area contributed by atoms with E-state index < -0.39 is 16.4 Å². The second kappa shape index (κ2) is 5.73. The molecule has 1 aliphatic heterocycles. The van der Waals surface area contributed by atoms with Gasteiger partial charge in [-0.25, -0.2) is 0 Å². The molecule has 0 bridgehead atoms. The maximum absolute atomic E-state index is 12.4. The second-order valence-electron chi connectivity index (χ2n) is 6.61. The number of hydrogen-bond donors (Lipinski definition) is 0. The summed E-state index contributed by atoms with van der Waals surface area (Å²) in [5, 5.41) is -1.54. The zero-order valence-electron chi connectivity index (χ0n) is 14.2. The molecule has 6 radical (unpaired) electrons. The molecule has 0 aromatic heterocycles. The van der Waals surface area contributed by atoms with Gasteiger partial charge in [-0.15, -0.1) is 0 Å². The highest BCUT2D eigenvalue weighted by atomic mass is 16.5. The van der Waals surface area contributed by atoms with E-state index in [0.29, 0.717) is 11.5 Å². The zero-order chi connectivity index (χ0) is 17.7. The molecule has 4 nitrogen and oxygen atoms in total. The van der Waals surface area contributed by atoms with Crippen LogP contribution in [0.25, 0.3) is 0 Å². The second-order valence-corrected chi connectivity index (χ2v) is 6.61. The van der Waals surface area contributed by atoms with Crippen molar-refractivity contribution >= 4 is 29.3 Å². The van der Waals surface area contributed by atoms with Crippen LogP contribution in [-0.2, 0) is 10.2 Å². The monoisotopic (exact) mass is 317 g/mol. The summed E-state index contributed by atoms with van der Waals surface area (Å²) in [6, 6.07) is 5.31. The smallest absolute Gasteiger partial charge is 0.161 e. The first-order valence-corrected chi connectivity index (χ1v) is 7.81. The Balaban J connectivity index is 2.22. The van der Waals surface area contributed by atoms with Gasteiger partial charge < -0.3 is 14.4 Å². The standard InChI is InChI=1S/C17H18B3NO3/c1-21-7-6-16(9-11(18)14(22)17(19,20)15(16)21)10-4-5-12(23-2)13(8-10)24-3/h4-5,8-9,15H,6-7H2,1-3H3. The summed E-state index contributed by atoms with van der Waals surface area (Å²) >= 11 is 0. The van der Waals surface area contributed by atoms with Crippen LogP contribution in [0.3, 0.4) is 0 Å². The van der Waals surface area contributed by atoms with E-state index in [-0.39, 0.29) is 11.5 Å². The minimum absolute atomic E-state index is 0.112. The summed E-state index contributed by atoms with van der Waals surface area (Å²) in [6.45, 7) is 0.756. The Bertz CT molecular complexity index is 719. The van der Waals surface area contributed by atoms with Gasteiger partial charge >= 0.3 is 0 Å². The van der Waals surface area contributed by atoms with E-state index in [1.165, 1.54) is 0 Å². The summed E-state index contributed by atoms with van der Waals surface area (Å²) in [4.78, 5) is 14.4. The van der Waals surface area contributed by atoms with Crippen LogP contribution in [-0.4, -0.2) is 68.1 Å². The predicted molar refractivity (Wildman–Crippen MR) is 95.3 cm³/mol. The van der Waals surface area contributed by atoms with Crippen LogP contribution in [0, 0.1) is 0 Å². The lowest BCUT2D eigenvalue weighted by molar-refractivity contribution is -0.117. The van der Waals surface area contributed by atoms with E-state index in [9.17, 15) is 4.79 Å². The fourth-order valence-electron chi connectivity index (χ4n) is 4.19. The molecule has 0 amide bonds. The van der Waals surface area contributed by atoms with Crippen LogP contribution in [0.2, 0.25) is 5.21 Å². The van der Waals surface area contributed by atoms with E-state index in [4.69, 9.17) is 33.0 Å². The summed E-state index contributed by atoms with van der Waals surface area (Å²) in [5.74, 6) is 0.828. The number of fused-ring (bicyclic) bond motifs is 1. The largest absolute Gasteiger partial charge is 0.493 e. The first-order valence-electron chi connectivity index (χ1n) is 7.81. The van der Waals surface area contributed by atoms with Crippen molar-refractivity contribution in [2.24, 2.45) is 0 Å². The number of nitrogens with zero attached hydrogens (tertiary/aromatic N) is 1. The van der Waals surface area contributed by atoms with E-state index in [1.54, 1.807) is 14.2 Å². The molecule has 24 heavy (non-hydrogen) atoms. The number of carbonyl (C=O) groups excluding carboxylic acids is 1. The Morgan fingerprint density at radius 1 is 1.21 bits per heavy atom. The Labute approximate surface area is 146 Å². The van der Waals surface area contributed by atoms with Gasteiger partial charge in [-0.05, 0) is 42.9 Å². The van der Waals surface area contributed by atoms with Crippen molar-refractivity contribution in [3.05, 3.63) is 35.3 Å². The number of benzene rings is 1. The third kappa shape index (κ3) is 2.25. The van der Waals surface area contributed by atoms with E-state index in [0.717, 1.165) is 18.5 Å². The van der Waals surface area contributed by atoms with Crippen molar-refractivity contribution in [1.29, 1.82) is 0 Å². The molecular weight excluding hydrogens is 299 g/mol. The molecule has 7 heteroatoms. The van der Waals surface area contributed by atoms with Crippen LogP contribution >= 0.6 is 0 Å². The minimum atomic E-state index is -1.54. The molecule has 2 aliphatic rings. The molecule has 0 saturated carbocycles. The van der Waals surface area contributed by atoms with Gasteiger partial charge in [0.2, 0.25) is 0 Å². The summed E-state index contributed by atoms with van der Waals surface area (Å²) in [7, 11) is 23.6. The van der Waals surface area contributed by atoms with Crippen molar-refractivity contribution in [2.45, 2.75) is 23.1 Å². The molecule has 3 rings (SSSR count). The van der Waals surface area contributed by atoms with Gasteiger partial charge in [-0.1, -0.05) is 17.6 Å². The zero-order valence-corrected chi connectivity index (χ0v) is 14.2. The number of likely N-dealkylation sites (tertiary alicyclic amines) is 1. The SMILES string of the molecule is [B]C1=CC2(c3ccc(OC)c(OC)c3)CCN(C)C2C([B])([B])C1=O. The van der Waals surface area contributed by atoms with Crippen molar-refractivity contribution in [3.63, 3.8) is 0 Å². The maximum atomic E-state index is 12.4. The number of ether oxygens (including phenoxy) is 2. The van der Waals surface area contributed by atoms with Crippen molar-refractivity contribution in [2.75, 3.05) is 27.8 Å². The first kappa shape index (κ1) is 17.2. The highest BCUT2D eigenvalue weighted by Gasteiger charge is 2.56. The quantitative estimate of drug-likeness (QED) is 0.771. The molecule has 1 aliphatic carbocycles. The molecule has 0 spiro atoms. The number of Topliss-reactive ketones (excluding diaryl/α,β-unsaturated/α-hetero) is 1. The summed E-state index contributed by atoms with van der Waals surface area (Å²) in [6.07, 6.45) is 2.57. The fourth-order valence-corrected chi connectivity index (χ4v) is 4.19. The Morgan fingerprint density at radius 2 is 1.88 bits per heavy atom. The van der Waals surface area contributed by atoms with Gasteiger partial charge in [0.15, 0.2) is 11.5 Å². The van der Waals surface area contributed by atoms with Gasteiger partial charge in [-0.3, -0.25) is 4.79 Å². The highest BCUT2D eigenvalue weighted by molar-refractivity contribution is 6.58. The highest BCUT2D eigenvalue weighted by Crippen LogP contribution is 2.53. The molecule has 1 aromatic rings. The number of ketones is 1. The molecule has 118 valence electrons. The van der Waals surface area contributed by atoms with Crippen LogP contribution in [0.1, 0.15) is 12.0 Å². The van der Waals surface area contributed by atoms with Gasteiger partial charge in [0.05, 0.1) is 29.9 Å². The van der Waals surface area contributed by atoms with Gasteiger partial charge in [-0.2, -0.15) is 0 Å². The number of rotatable bonds is 3. The summed E-state index contributed by atoms with van der Waals surface area (Å²) < 4.78 is 10.7. The third-order valence-corrected chi connectivity index (χ3v) is 5.25. The normalized spacial score (nSPS) is 29.0. The molecule has 2 atom stereocenters. The maximum Gasteiger partial charge on any atom is 0.161 e. The molecule has 1 saturated heterocycles. The number of allylic oxidation sites excluding steroid dienone is 1. The number of hydrogen-bond acceptors (Lipinski definition) is 4. The molecule has 0 N–H and O–H groups in total. The molecule has 1 fully saturated rings. The van der Waals surface area contributed by atoms with Crippen LogP contribution in [0.5, 0.6) is 11.5 Å². The molecule has 1 heterocycles. The Hall–Kier alpha value is -1.62. The first-order chi connectivity index (χ1) is 11.3. The molecule has 2 unspecified atom stereocenters. The number of carbonyl (C=O) groups is 1. The predicted octanol–water partition coefficient (Wildman–Crippen LogP) is 0.734. The minimum Gasteiger partial charge on any atom is -0.493 e. The lowest BCUT2D eigenvalue weighted by Crippen LogP contribution is -2.55. The van der Waals surface area contributed by atoms with Crippen LogP contribution < -0.4 is 9.47 Å². The van der Waals surface area contributed by atoms with E-state index >= 15 is 0 Å². The van der Waals surface area contributed by atoms with E-state index in [2.05, 4.69) is 0 Å². The molecule has 1 aromatic carbocycles. The van der Waals surface area contributed by atoms with Gasteiger partial charge in [0, 0.05) is 11.5 Å². The number of likely N-dealkylation sites (N-methyl/N-ethyl adjacent to an activating group) is 1. The molecular formula is C17H18B3NO3. The van der Waals surface area contributed by atoms with Gasteiger partial charge in [0.1, 0.15) is 13.6 Å².